The van der Waals surface area contributed by atoms with Crippen molar-refractivity contribution >= 4 is 5.69 Å². The van der Waals surface area contributed by atoms with Gasteiger partial charge in [0, 0.05) is 50.5 Å². The summed E-state index contributed by atoms with van der Waals surface area (Å²) in [5.41, 5.74) is 2.46. The van der Waals surface area contributed by atoms with E-state index in [0.29, 0.717) is 0 Å². The minimum absolute atomic E-state index is 0.918. The van der Waals surface area contributed by atoms with Crippen molar-refractivity contribution < 1.29 is 0 Å². The maximum Gasteiger partial charge on any atom is 0.138 e. The van der Waals surface area contributed by atoms with Gasteiger partial charge in [0.15, 0.2) is 0 Å². The third kappa shape index (κ3) is 3.63. The summed E-state index contributed by atoms with van der Waals surface area (Å²) in [6.45, 7) is 7.37. The zero-order chi connectivity index (χ0) is 17.8. The predicted molar refractivity (Wildman–Crippen MR) is 105 cm³/mol. The van der Waals surface area contributed by atoms with E-state index in [-0.39, 0.29) is 0 Å². The quantitative estimate of drug-likeness (QED) is 0.711. The minimum atomic E-state index is 0.918. The van der Waals surface area contributed by atoms with E-state index in [0.717, 1.165) is 56.5 Å². The topological polar surface area (TPSA) is 37.2 Å². The normalized spacial score (nSPS) is 15.3. The van der Waals surface area contributed by atoms with E-state index in [1.165, 1.54) is 5.69 Å². The predicted octanol–water partition coefficient (Wildman–Crippen LogP) is 2.94. The molecule has 1 aliphatic heterocycles. The summed E-state index contributed by atoms with van der Waals surface area (Å²) >= 11 is 0. The van der Waals surface area contributed by atoms with Gasteiger partial charge < -0.3 is 4.90 Å². The Kier molecular flexibility index (Phi) is 4.97. The largest absolute Gasteiger partial charge is 0.369 e. The molecule has 5 nitrogen and oxygen atoms in total. The first-order valence-corrected chi connectivity index (χ1v) is 9.30. The fourth-order valence-corrected chi connectivity index (χ4v) is 3.61. The summed E-state index contributed by atoms with van der Waals surface area (Å²) in [5, 5.41) is 8.71. The highest BCUT2D eigenvalue weighted by Crippen LogP contribution is 2.17. The fraction of sp³-hybridized carbons (Fsp3) is 0.333. The Hall–Kier alpha value is -2.66. The number of hydrogen-bond acceptors (Lipinski definition) is 4. The van der Waals surface area contributed by atoms with Gasteiger partial charge in [0.2, 0.25) is 0 Å². The third-order valence-corrected chi connectivity index (χ3v) is 5.05. The maximum absolute atomic E-state index is 4.41. The van der Waals surface area contributed by atoms with Crippen LogP contribution in [0, 0.1) is 6.92 Å². The number of piperazine rings is 1. The van der Waals surface area contributed by atoms with Crippen LogP contribution in [0.1, 0.15) is 11.6 Å². The van der Waals surface area contributed by atoms with Crippen molar-refractivity contribution in [1.29, 1.82) is 0 Å². The molecular weight excluding hydrogens is 322 g/mol. The zero-order valence-corrected chi connectivity index (χ0v) is 15.3. The highest BCUT2D eigenvalue weighted by Gasteiger charge is 2.18. The molecule has 1 saturated heterocycles. The first-order valence-electron chi connectivity index (χ1n) is 9.30. The lowest BCUT2D eigenvalue weighted by molar-refractivity contribution is 0.259. The van der Waals surface area contributed by atoms with E-state index >= 15 is 0 Å². The Morgan fingerprint density at radius 3 is 2.04 bits per heavy atom. The number of benzene rings is 2. The van der Waals surface area contributed by atoms with Crippen LogP contribution in [0.3, 0.4) is 0 Å². The van der Waals surface area contributed by atoms with Crippen LogP contribution in [-0.2, 0) is 6.42 Å². The lowest BCUT2D eigenvalue weighted by atomic mass is 10.2. The number of anilines is 1. The molecule has 26 heavy (non-hydrogen) atoms. The molecule has 4 rings (SSSR count). The first kappa shape index (κ1) is 16.8. The Morgan fingerprint density at radius 2 is 1.38 bits per heavy atom. The number of nitrogens with zero attached hydrogens (tertiary/aromatic N) is 5. The van der Waals surface area contributed by atoms with E-state index in [9.17, 15) is 0 Å². The Morgan fingerprint density at radius 1 is 0.769 bits per heavy atom. The molecule has 134 valence electrons. The van der Waals surface area contributed by atoms with Crippen molar-refractivity contribution in [2.75, 3.05) is 37.6 Å². The molecule has 2 heterocycles. The van der Waals surface area contributed by atoms with E-state index in [1.54, 1.807) is 0 Å². The van der Waals surface area contributed by atoms with Crippen molar-refractivity contribution in [3.05, 3.63) is 72.3 Å². The van der Waals surface area contributed by atoms with E-state index < -0.39 is 0 Å². The fourth-order valence-electron chi connectivity index (χ4n) is 3.61. The average molecular weight is 347 g/mol. The summed E-state index contributed by atoms with van der Waals surface area (Å²) in [6, 6.07) is 21.1. The number of aromatic nitrogens is 3. The molecule has 0 radical (unpaired) electrons. The van der Waals surface area contributed by atoms with Gasteiger partial charge in [0.1, 0.15) is 11.6 Å². The molecule has 0 amide bonds. The highest BCUT2D eigenvalue weighted by atomic mass is 15.3. The van der Waals surface area contributed by atoms with Gasteiger partial charge >= 0.3 is 0 Å². The minimum Gasteiger partial charge on any atom is -0.369 e. The molecule has 0 unspecified atom stereocenters. The monoisotopic (exact) mass is 347 g/mol. The van der Waals surface area contributed by atoms with Crippen LogP contribution in [0.2, 0.25) is 0 Å². The maximum atomic E-state index is 4.41. The van der Waals surface area contributed by atoms with E-state index in [2.05, 4.69) is 79.2 Å². The van der Waals surface area contributed by atoms with Gasteiger partial charge in [-0.3, -0.25) is 9.47 Å². The molecular formula is C21H25N5. The number of rotatable bonds is 5. The van der Waals surface area contributed by atoms with Gasteiger partial charge in [-0.05, 0) is 31.2 Å². The van der Waals surface area contributed by atoms with Crippen molar-refractivity contribution in [2.24, 2.45) is 0 Å². The molecule has 1 fully saturated rings. The number of para-hydroxylation sites is 2. The molecule has 0 N–H and O–H groups in total. The van der Waals surface area contributed by atoms with Crippen LogP contribution < -0.4 is 4.90 Å². The molecule has 0 bridgehead atoms. The molecule has 1 aromatic heterocycles. The van der Waals surface area contributed by atoms with Gasteiger partial charge in [-0.25, -0.2) is 0 Å². The van der Waals surface area contributed by atoms with Crippen LogP contribution in [0.25, 0.3) is 5.69 Å². The smallest absolute Gasteiger partial charge is 0.138 e. The molecule has 0 spiro atoms. The van der Waals surface area contributed by atoms with Crippen molar-refractivity contribution in [1.82, 2.24) is 19.7 Å². The SMILES string of the molecule is Cc1nnc(CCN2CCN(c3ccccc3)CC2)n1-c1ccccc1. The summed E-state index contributed by atoms with van der Waals surface area (Å²) in [5.74, 6) is 1.99. The molecule has 0 aliphatic carbocycles. The molecule has 2 aromatic carbocycles. The second-order valence-corrected chi connectivity index (χ2v) is 6.75. The summed E-state index contributed by atoms with van der Waals surface area (Å²) in [6.07, 6.45) is 0.918. The molecule has 0 saturated carbocycles. The van der Waals surface area contributed by atoms with Crippen molar-refractivity contribution in [3.8, 4) is 5.69 Å². The molecule has 5 heteroatoms. The van der Waals surface area contributed by atoms with Gasteiger partial charge in [-0.2, -0.15) is 0 Å². The van der Waals surface area contributed by atoms with E-state index in [4.69, 9.17) is 0 Å². The molecule has 1 aliphatic rings. The van der Waals surface area contributed by atoms with Crippen molar-refractivity contribution in [2.45, 2.75) is 13.3 Å². The van der Waals surface area contributed by atoms with Gasteiger partial charge in [-0.1, -0.05) is 36.4 Å². The third-order valence-electron chi connectivity index (χ3n) is 5.05. The summed E-state index contributed by atoms with van der Waals surface area (Å²) < 4.78 is 2.17. The zero-order valence-electron chi connectivity index (χ0n) is 15.3. The lowest BCUT2D eigenvalue weighted by Gasteiger charge is -2.36. The van der Waals surface area contributed by atoms with Crippen molar-refractivity contribution in [3.63, 3.8) is 0 Å². The highest BCUT2D eigenvalue weighted by molar-refractivity contribution is 5.46. The average Bonchev–Trinajstić information content (AvgIpc) is 3.08. The molecule has 3 aromatic rings. The Labute approximate surface area is 154 Å². The second kappa shape index (κ2) is 7.70. The first-order chi connectivity index (χ1) is 12.8. The standard InChI is InChI=1S/C21H25N5/c1-18-22-23-21(26(18)20-10-6-3-7-11-20)12-13-24-14-16-25(17-15-24)19-8-4-2-5-9-19/h2-11H,12-17H2,1H3. The van der Waals surface area contributed by atoms with Crippen LogP contribution in [0.15, 0.2) is 60.7 Å². The Bertz CT molecular complexity index is 820. The van der Waals surface area contributed by atoms with Crippen LogP contribution in [0.5, 0.6) is 0 Å². The number of hydrogen-bond donors (Lipinski definition) is 0. The van der Waals surface area contributed by atoms with Crippen LogP contribution in [0.4, 0.5) is 5.69 Å². The van der Waals surface area contributed by atoms with Gasteiger partial charge in [0.05, 0.1) is 0 Å². The summed E-state index contributed by atoms with van der Waals surface area (Å²) in [7, 11) is 0. The van der Waals surface area contributed by atoms with Gasteiger partial charge in [0.25, 0.3) is 0 Å². The Balaban J connectivity index is 1.36. The van der Waals surface area contributed by atoms with Crippen LogP contribution >= 0.6 is 0 Å². The molecule has 0 atom stereocenters. The van der Waals surface area contributed by atoms with E-state index in [1.807, 2.05) is 13.0 Å². The van der Waals surface area contributed by atoms with Gasteiger partial charge in [-0.15, -0.1) is 10.2 Å². The summed E-state index contributed by atoms with van der Waals surface area (Å²) in [4.78, 5) is 4.99. The number of aryl methyl sites for hydroxylation is 1. The lowest BCUT2D eigenvalue weighted by Crippen LogP contribution is -2.47. The second-order valence-electron chi connectivity index (χ2n) is 6.75. The van der Waals surface area contributed by atoms with Crippen LogP contribution in [-0.4, -0.2) is 52.4 Å².